The molecule has 1 aromatic carbocycles. The van der Waals surface area contributed by atoms with Crippen LogP contribution in [0.5, 0.6) is 0 Å². The Bertz CT molecular complexity index is 487. The van der Waals surface area contributed by atoms with Gasteiger partial charge in [-0.15, -0.1) is 0 Å². The average molecular weight is 260 g/mol. The van der Waals surface area contributed by atoms with E-state index in [1.54, 1.807) is 10.4 Å². The van der Waals surface area contributed by atoms with Crippen LogP contribution in [0.1, 0.15) is 24.4 Å². The lowest BCUT2D eigenvalue weighted by Crippen LogP contribution is -2.29. The van der Waals surface area contributed by atoms with Crippen LogP contribution in [0.15, 0.2) is 24.3 Å². The standard InChI is InChI=1S/C11H14ClNO2S/c1-16(14,15)13-7-3-6-11(13)9-4-2-5-10(12)8-9/h2,4-5,8,11H,3,6-7H2,1H3. The van der Waals surface area contributed by atoms with E-state index < -0.39 is 10.0 Å². The molecule has 0 aliphatic carbocycles. The van der Waals surface area contributed by atoms with Crippen LogP contribution in [0, 0.1) is 0 Å². The van der Waals surface area contributed by atoms with E-state index in [9.17, 15) is 8.42 Å². The topological polar surface area (TPSA) is 37.4 Å². The number of hydrogen-bond donors (Lipinski definition) is 0. The first-order chi connectivity index (χ1) is 7.48. The molecule has 3 nitrogen and oxygen atoms in total. The second kappa shape index (κ2) is 4.35. The van der Waals surface area contributed by atoms with E-state index in [2.05, 4.69) is 0 Å². The Balaban J connectivity index is 2.34. The lowest BCUT2D eigenvalue weighted by Gasteiger charge is -2.22. The van der Waals surface area contributed by atoms with Gasteiger partial charge in [-0.05, 0) is 30.5 Å². The average Bonchev–Trinajstić information content (AvgIpc) is 2.65. The minimum Gasteiger partial charge on any atom is -0.212 e. The summed E-state index contributed by atoms with van der Waals surface area (Å²) in [6.07, 6.45) is 3.04. The Morgan fingerprint density at radius 2 is 2.19 bits per heavy atom. The largest absolute Gasteiger partial charge is 0.212 e. The molecule has 1 aliphatic rings. The molecule has 0 spiro atoms. The maximum absolute atomic E-state index is 11.6. The van der Waals surface area contributed by atoms with E-state index in [0.717, 1.165) is 18.4 Å². The number of nitrogens with zero attached hydrogens (tertiary/aromatic N) is 1. The van der Waals surface area contributed by atoms with Gasteiger partial charge in [-0.3, -0.25) is 0 Å². The fraction of sp³-hybridized carbons (Fsp3) is 0.455. The van der Waals surface area contributed by atoms with Crippen LogP contribution in [0.2, 0.25) is 5.02 Å². The molecule has 0 bridgehead atoms. The number of benzene rings is 1. The van der Waals surface area contributed by atoms with Crippen molar-refractivity contribution >= 4 is 21.6 Å². The Labute approximate surface area is 101 Å². The summed E-state index contributed by atoms with van der Waals surface area (Å²) >= 11 is 5.92. The van der Waals surface area contributed by atoms with E-state index >= 15 is 0 Å². The first-order valence-electron chi connectivity index (χ1n) is 5.21. The highest BCUT2D eigenvalue weighted by Gasteiger charge is 2.32. The third-order valence-electron chi connectivity index (χ3n) is 2.86. The summed E-state index contributed by atoms with van der Waals surface area (Å²) in [6, 6.07) is 7.38. The molecule has 1 heterocycles. The smallest absolute Gasteiger partial charge is 0.211 e. The Kier molecular flexibility index (Phi) is 3.24. The first-order valence-corrected chi connectivity index (χ1v) is 7.43. The van der Waals surface area contributed by atoms with E-state index in [0.29, 0.717) is 11.6 Å². The van der Waals surface area contributed by atoms with Crippen LogP contribution < -0.4 is 0 Å². The van der Waals surface area contributed by atoms with Crippen LogP contribution in [0.3, 0.4) is 0 Å². The SMILES string of the molecule is CS(=O)(=O)N1CCCC1c1cccc(Cl)c1. The van der Waals surface area contributed by atoms with Crippen molar-refractivity contribution in [2.24, 2.45) is 0 Å². The van der Waals surface area contributed by atoms with Crippen molar-refractivity contribution in [1.29, 1.82) is 0 Å². The van der Waals surface area contributed by atoms with Gasteiger partial charge in [0.15, 0.2) is 0 Å². The van der Waals surface area contributed by atoms with Gasteiger partial charge in [0.25, 0.3) is 0 Å². The fourth-order valence-electron chi connectivity index (χ4n) is 2.18. The molecule has 16 heavy (non-hydrogen) atoms. The van der Waals surface area contributed by atoms with Crippen molar-refractivity contribution in [2.75, 3.05) is 12.8 Å². The molecule has 0 N–H and O–H groups in total. The Hall–Kier alpha value is -0.580. The quantitative estimate of drug-likeness (QED) is 0.818. The molecule has 1 fully saturated rings. The molecule has 0 saturated carbocycles. The Morgan fingerprint density at radius 1 is 1.44 bits per heavy atom. The highest BCUT2D eigenvalue weighted by atomic mass is 35.5. The van der Waals surface area contributed by atoms with Crippen LogP contribution in [-0.2, 0) is 10.0 Å². The van der Waals surface area contributed by atoms with E-state index in [1.807, 2.05) is 18.2 Å². The van der Waals surface area contributed by atoms with Crippen LogP contribution >= 0.6 is 11.6 Å². The maximum Gasteiger partial charge on any atom is 0.211 e. The predicted octanol–water partition coefficient (Wildman–Crippen LogP) is 2.44. The molecule has 1 atom stereocenters. The zero-order valence-corrected chi connectivity index (χ0v) is 10.6. The van der Waals surface area contributed by atoms with Crippen LogP contribution in [0.4, 0.5) is 0 Å². The molecule has 0 aromatic heterocycles. The lowest BCUT2D eigenvalue weighted by atomic mass is 10.1. The molecule has 5 heteroatoms. The van der Waals surface area contributed by atoms with Crippen molar-refractivity contribution in [2.45, 2.75) is 18.9 Å². The number of rotatable bonds is 2. The van der Waals surface area contributed by atoms with E-state index in [-0.39, 0.29) is 6.04 Å². The summed E-state index contributed by atoms with van der Waals surface area (Å²) in [5, 5.41) is 0.651. The summed E-state index contributed by atoms with van der Waals surface area (Å²) in [5.41, 5.74) is 0.982. The molecule has 1 unspecified atom stereocenters. The fourth-order valence-corrected chi connectivity index (χ4v) is 3.53. The van der Waals surface area contributed by atoms with E-state index in [1.165, 1.54) is 6.26 Å². The van der Waals surface area contributed by atoms with Crippen molar-refractivity contribution in [1.82, 2.24) is 4.31 Å². The number of sulfonamides is 1. The van der Waals surface area contributed by atoms with Crippen molar-refractivity contribution < 1.29 is 8.42 Å². The molecular weight excluding hydrogens is 246 g/mol. The molecular formula is C11H14ClNO2S. The number of hydrogen-bond acceptors (Lipinski definition) is 2. The van der Waals surface area contributed by atoms with Crippen molar-refractivity contribution in [3.63, 3.8) is 0 Å². The summed E-state index contributed by atoms with van der Waals surface area (Å²) in [5.74, 6) is 0. The van der Waals surface area contributed by atoms with Gasteiger partial charge in [0.1, 0.15) is 0 Å². The normalized spacial score (nSPS) is 22.5. The van der Waals surface area contributed by atoms with Crippen LogP contribution in [-0.4, -0.2) is 25.5 Å². The second-order valence-electron chi connectivity index (χ2n) is 4.09. The molecule has 1 aliphatic heterocycles. The van der Waals surface area contributed by atoms with Gasteiger partial charge in [-0.2, -0.15) is 4.31 Å². The van der Waals surface area contributed by atoms with Gasteiger partial charge < -0.3 is 0 Å². The molecule has 1 aromatic rings. The van der Waals surface area contributed by atoms with Gasteiger partial charge in [-0.1, -0.05) is 23.7 Å². The highest BCUT2D eigenvalue weighted by Crippen LogP contribution is 2.34. The second-order valence-corrected chi connectivity index (χ2v) is 6.46. The summed E-state index contributed by atoms with van der Waals surface area (Å²) in [4.78, 5) is 0. The molecule has 1 saturated heterocycles. The summed E-state index contributed by atoms with van der Waals surface area (Å²) in [7, 11) is -3.12. The first kappa shape index (κ1) is 11.9. The monoisotopic (exact) mass is 259 g/mol. The summed E-state index contributed by atoms with van der Waals surface area (Å²) < 4.78 is 24.7. The molecule has 0 amide bonds. The van der Waals surface area contributed by atoms with Gasteiger partial charge in [0, 0.05) is 17.6 Å². The molecule has 88 valence electrons. The zero-order valence-electron chi connectivity index (χ0n) is 9.06. The zero-order chi connectivity index (χ0) is 11.8. The summed E-state index contributed by atoms with van der Waals surface area (Å²) in [6.45, 7) is 0.607. The van der Waals surface area contributed by atoms with Crippen molar-refractivity contribution in [3.05, 3.63) is 34.9 Å². The van der Waals surface area contributed by atoms with Crippen molar-refractivity contribution in [3.8, 4) is 0 Å². The maximum atomic E-state index is 11.6. The highest BCUT2D eigenvalue weighted by molar-refractivity contribution is 7.88. The van der Waals surface area contributed by atoms with Crippen LogP contribution in [0.25, 0.3) is 0 Å². The third kappa shape index (κ3) is 2.39. The van der Waals surface area contributed by atoms with E-state index in [4.69, 9.17) is 11.6 Å². The molecule has 2 rings (SSSR count). The third-order valence-corrected chi connectivity index (χ3v) is 4.39. The molecule has 0 radical (unpaired) electrons. The minimum absolute atomic E-state index is 0.0475. The lowest BCUT2D eigenvalue weighted by molar-refractivity contribution is 0.400. The predicted molar refractivity (Wildman–Crippen MR) is 65.0 cm³/mol. The number of halogens is 1. The minimum atomic E-state index is -3.12. The van der Waals surface area contributed by atoms with Gasteiger partial charge in [0.05, 0.1) is 6.26 Å². The van der Waals surface area contributed by atoms with Gasteiger partial charge in [0.2, 0.25) is 10.0 Å². The van der Waals surface area contributed by atoms with Gasteiger partial charge in [-0.25, -0.2) is 8.42 Å². The van der Waals surface area contributed by atoms with Gasteiger partial charge >= 0.3 is 0 Å². The Morgan fingerprint density at radius 3 is 2.81 bits per heavy atom.